The number of imidazole rings is 1. The third-order valence-corrected chi connectivity index (χ3v) is 4.29. The number of carbonyl (C=O) groups is 1. The van der Waals surface area contributed by atoms with Gasteiger partial charge in [-0.25, -0.2) is 14.3 Å². The van der Waals surface area contributed by atoms with Crippen molar-refractivity contribution in [2.75, 3.05) is 7.11 Å². The van der Waals surface area contributed by atoms with Crippen LogP contribution in [0, 0.1) is 10.1 Å². The molecule has 0 fully saturated rings. The summed E-state index contributed by atoms with van der Waals surface area (Å²) in [5, 5.41) is 13.8. The van der Waals surface area contributed by atoms with Crippen molar-refractivity contribution in [1.82, 2.24) is 14.9 Å². The van der Waals surface area contributed by atoms with Crippen LogP contribution in [0.3, 0.4) is 0 Å². The number of nitro benzene ring substituents is 1. The average molecular weight is 338 g/mol. The normalized spacial score (nSPS) is 15.9. The molecule has 0 radical (unpaired) electrons. The number of nitrogens with one attached hydrogen (secondary N) is 1. The lowest BCUT2D eigenvalue weighted by Gasteiger charge is -2.09. The van der Waals surface area contributed by atoms with Crippen molar-refractivity contribution in [3.8, 4) is 5.75 Å². The van der Waals surface area contributed by atoms with Crippen LogP contribution >= 0.6 is 0 Å². The first-order valence-electron chi connectivity index (χ1n) is 7.67. The Bertz CT molecular complexity index is 994. The van der Waals surface area contributed by atoms with Gasteiger partial charge < -0.3 is 10.1 Å². The van der Waals surface area contributed by atoms with Crippen LogP contribution in [-0.4, -0.2) is 27.6 Å². The number of nitro groups is 1. The van der Waals surface area contributed by atoms with Gasteiger partial charge in [0.1, 0.15) is 11.6 Å². The Labute approximate surface area is 142 Å². The number of hydrogen-bond donors (Lipinski definition) is 1. The lowest BCUT2D eigenvalue weighted by atomic mass is 10.1. The van der Waals surface area contributed by atoms with Crippen molar-refractivity contribution in [1.29, 1.82) is 0 Å². The monoisotopic (exact) mass is 338 g/mol. The minimum atomic E-state index is -0.485. The zero-order valence-electron chi connectivity index (χ0n) is 13.3. The number of rotatable bonds is 4. The Morgan fingerprint density at radius 2 is 2.04 bits per heavy atom. The molecule has 0 spiro atoms. The summed E-state index contributed by atoms with van der Waals surface area (Å²) in [4.78, 5) is 27.3. The predicted molar refractivity (Wildman–Crippen MR) is 89.8 cm³/mol. The Hall–Kier alpha value is -3.42. The second-order valence-electron chi connectivity index (χ2n) is 5.79. The molecular weight excluding hydrogens is 324 g/mol. The molecule has 8 heteroatoms. The molecule has 2 aromatic carbocycles. The molecule has 1 amide bonds. The summed E-state index contributed by atoms with van der Waals surface area (Å²) in [6.07, 6.45) is 0.571. The standard InChI is InChI=1S/C17H14N4O4/c1-25-12-5-2-10(3-6-12)8-14-16-18-13-7-4-11(21(23)24)9-15(13)20(16)17(22)19-14/h2-7,9,14H,8H2,1H3,(H,19,22)/t14-/m1/s1. The second-order valence-corrected chi connectivity index (χ2v) is 5.79. The van der Waals surface area contributed by atoms with E-state index in [1.54, 1.807) is 13.2 Å². The highest BCUT2D eigenvalue weighted by atomic mass is 16.6. The van der Waals surface area contributed by atoms with E-state index in [9.17, 15) is 14.9 Å². The summed E-state index contributed by atoms with van der Waals surface area (Å²) in [6.45, 7) is 0. The Morgan fingerprint density at radius 3 is 2.72 bits per heavy atom. The molecule has 1 aliphatic rings. The van der Waals surface area contributed by atoms with Gasteiger partial charge in [-0.2, -0.15) is 0 Å². The molecule has 8 nitrogen and oxygen atoms in total. The predicted octanol–water partition coefficient (Wildman–Crippen LogP) is 2.81. The first-order chi connectivity index (χ1) is 12.1. The van der Waals surface area contributed by atoms with Crippen LogP contribution in [0.2, 0.25) is 0 Å². The fraction of sp³-hybridized carbons (Fsp3) is 0.176. The van der Waals surface area contributed by atoms with Gasteiger partial charge in [-0.15, -0.1) is 0 Å². The van der Waals surface area contributed by atoms with Crippen molar-refractivity contribution < 1.29 is 14.5 Å². The Kier molecular flexibility index (Phi) is 3.38. The van der Waals surface area contributed by atoms with Crippen molar-refractivity contribution >= 4 is 22.8 Å². The summed E-state index contributed by atoms with van der Waals surface area (Å²) >= 11 is 0. The van der Waals surface area contributed by atoms with E-state index in [0.717, 1.165) is 11.3 Å². The highest BCUT2D eigenvalue weighted by molar-refractivity contribution is 5.93. The lowest BCUT2D eigenvalue weighted by Crippen LogP contribution is -2.22. The van der Waals surface area contributed by atoms with Crippen molar-refractivity contribution in [3.63, 3.8) is 0 Å². The number of amides is 1. The van der Waals surface area contributed by atoms with Gasteiger partial charge >= 0.3 is 6.03 Å². The molecule has 2 heterocycles. The number of ether oxygens (including phenoxy) is 1. The first kappa shape index (κ1) is 15.1. The van der Waals surface area contributed by atoms with Crippen LogP contribution in [0.1, 0.15) is 17.4 Å². The van der Waals surface area contributed by atoms with E-state index >= 15 is 0 Å². The summed E-state index contributed by atoms with van der Waals surface area (Å²) in [7, 11) is 1.60. The van der Waals surface area contributed by atoms with Gasteiger partial charge in [0.15, 0.2) is 0 Å². The van der Waals surface area contributed by atoms with Crippen LogP contribution in [0.15, 0.2) is 42.5 Å². The number of methoxy groups -OCH3 is 1. The van der Waals surface area contributed by atoms with Gasteiger partial charge in [-0.1, -0.05) is 12.1 Å². The van der Waals surface area contributed by atoms with E-state index in [2.05, 4.69) is 10.3 Å². The summed E-state index contributed by atoms with van der Waals surface area (Å²) in [5.41, 5.74) is 1.97. The van der Waals surface area contributed by atoms with Gasteiger partial charge in [0.25, 0.3) is 5.69 Å². The molecule has 1 aliphatic heterocycles. The average Bonchev–Trinajstić information content (AvgIpc) is 3.13. The number of benzene rings is 2. The second kappa shape index (κ2) is 5.59. The molecule has 0 saturated heterocycles. The smallest absolute Gasteiger partial charge is 0.328 e. The molecule has 4 rings (SSSR count). The van der Waals surface area contributed by atoms with Gasteiger partial charge in [-0.3, -0.25) is 10.1 Å². The summed E-state index contributed by atoms with van der Waals surface area (Å²) < 4.78 is 6.55. The third-order valence-electron chi connectivity index (χ3n) is 4.29. The molecule has 25 heavy (non-hydrogen) atoms. The molecule has 126 valence electrons. The van der Waals surface area contributed by atoms with E-state index in [4.69, 9.17) is 4.74 Å². The van der Waals surface area contributed by atoms with Crippen molar-refractivity contribution in [2.24, 2.45) is 0 Å². The van der Waals surface area contributed by atoms with Gasteiger partial charge in [-0.05, 0) is 30.2 Å². The molecule has 3 aromatic rings. The largest absolute Gasteiger partial charge is 0.497 e. The highest BCUT2D eigenvalue weighted by Crippen LogP contribution is 2.30. The van der Waals surface area contributed by atoms with Gasteiger partial charge in [0.2, 0.25) is 0 Å². The van der Waals surface area contributed by atoms with Gasteiger partial charge in [0.05, 0.1) is 29.1 Å². The van der Waals surface area contributed by atoms with Crippen LogP contribution < -0.4 is 10.1 Å². The lowest BCUT2D eigenvalue weighted by molar-refractivity contribution is -0.384. The van der Waals surface area contributed by atoms with Crippen molar-refractivity contribution in [2.45, 2.75) is 12.5 Å². The minimum Gasteiger partial charge on any atom is -0.497 e. The fourth-order valence-corrected chi connectivity index (χ4v) is 3.06. The maximum absolute atomic E-state index is 12.3. The van der Waals surface area contributed by atoms with E-state index < -0.39 is 4.92 Å². The van der Waals surface area contributed by atoms with E-state index in [0.29, 0.717) is 23.3 Å². The number of fused-ring (bicyclic) bond motifs is 3. The molecule has 1 atom stereocenters. The molecule has 0 aliphatic carbocycles. The molecular formula is C17H14N4O4. The fourth-order valence-electron chi connectivity index (χ4n) is 3.06. The van der Waals surface area contributed by atoms with Crippen LogP contribution in [0.25, 0.3) is 11.0 Å². The Morgan fingerprint density at radius 1 is 1.28 bits per heavy atom. The Balaban J connectivity index is 1.71. The zero-order valence-corrected chi connectivity index (χ0v) is 13.3. The minimum absolute atomic E-state index is 0.0680. The van der Waals surface area contributed by atoms with Gasteiger partial charge in [0, 0.05) is 12.1 Å². The molecule has 0 unspecified atom stereocenters. The van der Waals surface area contributed by atoms with E-state index in [-0.39, 0.29) is 17.8 Å². The quantitative estimate of drug-likeness (QED) is 0.582. The summed E-state index contributed by atoms with van der Waals surface area (Å²) in [6, 6.07) is 11.3. The molecule has 1 N–H and O–H groups in total. The van der Waals surface area contributed by atoms with Crippen LogP contribution in [0.5, 0.6) is 5.75 Å². The highest BCUT2D eigenvalue weighted by Gasteiger charge is 2.32. The first-order valence-corrected chi connectivity index (χ1v) is 7.67. The molecule has 1 aromatic heterocycles. The topological polar surface area (TPSA) is 99.3 Å². The maximum Gasteiger partial charge on any atom is 0.328 e. The number of hydrogen-bond acceptors (Lipinski definition) is 5. The zero-order chi connectivity index (χ0) is 17.6. The van der Waals surface area contributed by atoms with Crippen LogP contribution in [0.4, 0.5) is 10.5 Å². The maximum atomic E-state index is 12.3. The third kappa shape index (κ3) is 2.47. The van der Waals surface area contributed by atoms with Crippen molar-refractivity contribution in [3.05, 3.63) is 64.0 Å². The number of aromatic nitrogens is 2. The van der Waals surface area contributed by atoms with E-state index in [1.807, 2.05) is 24.3 Å². The number of non-ortho nitro benzene ring substituents is 1. The van der Waals surface area contributed by atoms with E-state index in [1.165, 1.54) is 16.7 Å². The van der Waals surface area contributed by atoms with Crippen LogP contribution in [-0.2, 0) is 6.42 Å². The number of carbonyl (C=O) groups excluding carboxylic acids is 1. The number of nitrogens with zero attached hydrogens (tertiary/aromatic N) is 3. The summed E-state index contributed by atoms with van der Waals surface area (Å²) in [5.74, 6) is 1.33. The molecule has 0 bridgehead atoms. The SMILES string of the molecule is COc1ccc(C[C@H]2NC(=O)n3c2nc2ccc([N+](=O)[O-])cc23)cc1. The molecule has 0 saturated carbocycles.